The number of nitrogens with zero attached hydrogens (tertiary/aromatic N) is 6. The zero-order valence-electron chi connectivity index (χ0n) is 40.0. The fourth-order valence-electron chi connectivity index (χ4n) is 8.88. The summed E-state index contributed by atoms with van der Waals surface area (Å²) in [5.74, 6) is -5.93. The van der Waals surface area contributed by atoms with Crippen LogP contribution in [-0.4, -0.2) is 82.9 Å². The number of pyridine rings is 1. The molecule has 1 saturated carbocycles. The monoisotopic (exact) mass is 1110 g/mol. The quantitative estimate of drug-likeness (QED) is 0.0739. The predicted molar refractivity (Wildman–Crippen MR) is 250 cm³/mol. The van der Waals surface area contributed by atoms with Gasteiger partial charge in [-0.25, -0.2) is 35.4 Å². The molecule has 1 N–H and O–H groups in total. The van der Waals surface area contributed by atoms with Gasteiger partial charge in [0.2, 0.25) is 15.9 Å². The molecule has 27 heteroatoms. The number of hydrogen-bond donors (Lipinski definition) is 1. The van der Waals surface area contributed by atoms with E-state index in [1.54, 1.807) is 13.8 Å². The first-order valence-corrected chi connectivity index (χ1v) is 26.8. The van der Waals surface area contributed by atoms with E-state index in [4.69, 9.17) is 16.3 Å². The Balaban J connectivity index is 1.48. The summed E-state index contributed by atoms with van der Waals surface area (Å²) in [7, 11) is -8.72. The molecule has 0 unspecified atom stereocenters. The summed E-state index contributed by atoms with van der Waals surface area (Å²) < 4.78 is 204. The van der Waals surface area contributed by atoms with Gasteiger partial charge in [-0.15, -0.1) is 0 Å². The van der Waals surface area contributed by atoms with Gasteiger partial charge >= 0.3 is 18.4 Å². The van der Waals surface area contributed by atoms with E-state index in [0.29, 0.717) is 25.2 Å². The Morgan fingerprint density at radius 3 is 2.12 bits per heavy atom. The molecule has 0 aliphatic heterocycles. The molecule has 3 aromatic heterocycles. The number of anilines is 1. The molecule has 74 heavy (non-hydrogen) atoms. The third-order valence-corrected chi connectivity index (χ3v) is 15.7. The molecular formula is C47H46ClF10N7O7S2. The average Bonchev–Trinajstić information content (AvgIpc) is 3.77. The molecule has 0 bridgehead atoms. The number of sulfonamides is 1. The van der Waals surface area contributed by atoms with Crippen LogP contribution in [0.5, 0.6) is 0 Å². The minimum Gasteiger partial charge on any atom is -0.445 e. The van der Waals surface area contributed by atoms with Gasteiger partial charge in [0, 0.05) is 34.9 Å². The molecule has 0 saturated heterocycles. The lowest BCUT2D eigenvalue weighted by atomic mass is 9.93. The van der Waals surface area contributed by atoms with Crippen LogP contribution in [0.1, 0.15) is 106 Å². The van der Waals surface area contributed by atoms with E-state index in [2.05, 4.69) is 32.3 Å². The number of carbonyl (C=O) groups excluding carboxylic acids is 2. The van der Waals surface area contributed by atoms with Gasteiger partial charge in [-0.05, 0) is 87.3 Å². The molecule has 2 aromatic carbocycles. The first kappa shape index (κ1) is 55.8. The smallest absolute Gasteiger partial charge is 0.435 e. The van der Waals surface area contributed by atoms with E-state index in [0.717, 1.165) is 36.6 Å². The molecule has 400 valence electrons. The van der Waals surface area contributed by atoms with Crippen molar-refractivity contribution in [3.8, 4) is 23.0 Å². The minimum atomic E-state index is -5.22. The van der Waals surface area contributed by atoms with Gasteiger partial charge in [0.25, 0.3) is 5.92 Å². The lowest BCUT2D eigenvalue weighted by molar-refractivity contribution is -0.143. The Bertz CT molecular complexity index is 3320. The molecule has 5 aromatic rings. The van der Waals surface area contributed by atoms with E-state index in [1.807, 2.05) is 0 Å². The van der Waals surface area contributed by atoms with Crippen molar-refractivity contribution in [2.24, 2.45) is 5.92 Å². The van der Waals surface area contributed by atoms with E-state index >= 15 is 8.78 Å². The highest BCUT2D eigenvalue weighted by molar-refractivity contribution is 7.93. The number of alkyl halides is 8. The van der Waals surface area contributed by atoms with E-state index < -0.39 is 154 Å². The highest BCUT2D eigenvalue weighted by Crippen LogP contribution is 2.68. The number of amides is 2. The lowest BCUT2D eigenvalue weighted by Gasteiger charge is -2.23. The molecule has 2 aliphatic carbocycles. The summed E-state index contributed by atoms with van der Waals surface area (Å²) in [6.07, 6.45) is -10.7. The van der Waals surface area contributed by atoms with Crippen molar-refractivity contribution in [1.82, 2.24) is 29.9 Å². The summed E-state index contributed by atoms with van der Waals surface area (Å²) in [4.78, 5) is 32.7. The summed E-state index contributed by atoms with van der Waals surface area (Å²) in [5.41, 5.74) is -5.78. The number of carbonyl (C=O) groups is 2. The Morgan fingerprint density at radius 2 is 1.55 bits per heavy atom. The normalized spacial score (nSPS) is 16.9. The molecule has 2 aliphatic rings. The van der Waals surface area contributed by atoms with Crippen molar-refractivity contribution in [3.63, 3.8) is 0 Å². The van der Waals surface area contributed by atoms with Crippen LogP contribution < -0.4 is 9.62 Å². The summed E-state index contributed by atoms with van der Waals surface area (Å²) in [6.45, 7) is 2.77. The third kappa shape index (κ3) is 11.5. The second-order valence-electron chi connectivity index (χ2n) is 18.6. The largest absolute Gasteiger partial charge is 0.445 e. The molecule has 3 atom stereocenters. The lowest BCUT2D eigenvalue weighted by Crippen LogP contribution is -2.39. The fraction of sp³-hybridized carbons (Fsp3) is 0.468. The zero-order valence-corrected chi connectivity index (χ0v) is 42.4. The number of aromatic nitrogens is 5. The van der Waals surface area contributed by atoms with E-state index in [1.165, 1.54) is 19.9 Å². The Hall–Kier alpha value is -5.94. The fourth-order valence-corrected chi connectivity index (χ4v) is 10.1. The van der Waals surface area contributed by atoms with Crippen molar-refractivity contribution in [1.29, 1.82) is 0 Å². The van der Waals surface area contributed by atoms with Crippen LogP contribution in [0, 0.1) is 29.4 Å². The van der Waals surface area contributed by atoms with E-state index in [-0.39, 0.29) is 55.3 Å². The molecule has 3 heterocycles. The topological polar surface area (TPSA) is 175 Å². The van der Waals surface area contributed by atoms with Crippen LogP contribution >= 0.6 is 11.6 Å². The van der Waals surface area contributed by atoms with E-state index in [9.17, 15) is 61.5 Å². The van der Waals surface area contributed by atoms with Gasteiger partial charge in [0.1, 0.15) is 47.0 Å². The Morgan fingerprint density at radius 1 is 0.932 bits per heavy atom. The second-order valence-corrected chi connectivity index (χ2v) is 23.4. The average molecular weight is 1110 g/mol. The highest BCUT2D eigenvalue weighted by atomic mass is 35.5. The van der Waals surface area contributed by atoms with Gasteiger partial charge in [-0.2, -0.15) is 49.6 Å². The molecule has 0 spiro atoms. The Labute approximate surface area is 422 Å². The summed E-state index contributed by atoms with van der Waals surface area (Å²) in [5, 5.41) is 8.80. The van der Waals surface area contributed by atoms with Crippen molar-refractivity contribution in [2.45, 2.75) is 120 Å². The first-order chi connectivity index (χ1) is 34.2. The van der Waals surface area contributed by atoms with Crippen LogP contribution in [0.25, 0.3) is 22.0 Å². The van der Waals surface area contributed by atoms with Crippen LogP contribution in [0.2, 0.25) is 5.02 Å². The minimum absolute atomic E-state index is 0.0440. The number of sulfone groups is 1. The van der Waals surface area contributed by atoms with Gasteiger partial charge < -0.3 is 10.1 Å². The summed E-state index contributed by atoms with van der Waals surface area (Å²) >= 11 is 6.69. The van der Waals surface area contributed by atoms with Crippen LogP contribution in [-0.2, 0) is 61.0 Å². The summed E-state index contributed by atoms with van der Waals surface area (Å²) in [6, 6.07) is 4.90. The van der Waals surface area contributed by atoms with Crippen molar-refractivity contribution >= 4 is 60.2 Å². The number of ether oxygens (including phenoxy) is 1. The maximum atomic E-state index is 15.6. The molecule has 0 radical (unpaired) electrons. The van der Waals surface area contributed by atoms with Crippen molar-refractivity contribution in [2.75, 3.05) is 16.8 Å². The van der Waals surface area contributed by atoms with Gasteiger partial charge in [-0.1, -0.05) is 50.3 Å². The van der Waals surface area contributed by atoms with Gasteiger partial charge in [0.05, 0.1) is 33.9 Å². The Kier molecular flexibility index (Phi) is 15.1. The zero-order chi connectivity index (χ0) is 54.8. The molecule has 2 amide bonds. The molecule has 14 nitrogen and oxygen atoms in total. The number of nitrogens with one attached hydrogen (secondary N) is 1. The molecule has 7 rings (SSSR count). The SMILES string of the molecule is CCCC(CCC)OC(=O)N(c1nn(CC(F)(F)F)c2c(-c3ccc(C#CC(C)(C)S(C)(=O)=O)nc3[C@H](Cc3cc(F)cc(F)c3)NC(=O)Cn3nc(C(F)(F)F)c4c3C(F)(F)[C@@H]3C[C@H]43)ccc(Cl)c12)S(C)(=O)=O. The maximum Gasteiger partial charge on any atom is 0.435 e. The number of hydrogen-bond acceptors (Lipinski definition) is 10. The van der Waals surface area contributed by atoms with Gasteiger partial charge in [0.15, 0.2) is 21.3 Å². The van der Waals surface area contributed by atoms with Crippen LogP contribution in [0.15, 0.2) is 42.5 Å². The first-order valence-electron chi connectivity index (χ1n) is 22.7. The van der Waals surface area contributed by atoms with Crippen molar-refractivity contribution in [3.05, 3.63) is 93.0 Å². The van der Waals surface area contributed by atoms with Crippen LogP contribution in [0.4, 0.5) is 54.5 Å². The third-order valence-electron chi connectivity index (χ3n) is 12.5. The maximum absolute atomic E-state index is 15.6. The molecular weight excluding hydrogens is 1060 g/mol. The molecule has 1 fully saturated rings. The number of benzene rings is 2. The van der Waals surface area contributed by atoms with Crippen LogP contribution in [0.3, 0.4) is 0 Å². The van der Waals surface area contributed by atoms with Gasteiger partial charge in [-0.3, -0.25) is 14.2 Å². The standard InChI is InChI=1S/C47H46ClF10N7O7S2/c1-7-9-28(10-8-2)72-43(67)65(74(6,70)71)42-37-33(48)14-13-30(39(37)64(62-42)23-45(51,52)53)29-12-11-27(15-16-44(3,4)73(5,68)69)59-38(29)34(19-24-17-25(49)20-26(50)18-24)60-35(66)22-63-41-36(40(61-63)47(56,57)58)31-21-32(31)46(41,54)55/h11-14,17-18,20,28,31-32,34H,7-10,19,21-23H2,1-6H3,(H,60,66)/t31-,32+,34-/m0/s1. The number of fused-ring (bicyclic) bond motifs is 4. The number of rotatable bonds is 16. The van der Waals surface area contributed by atoms with Crippen molar-refractivity contribution < 1.29 is 75.1 Å². The number of halogens is 11. The second kappa shape index (κ2) is 20.0. The highest BCUT2D eigenvalue weighted by Gasteiger charge is 2.68. The predicted octanol–water partition coefficient (Wildman–Crippen LogP) is 10.2.